The molecule has 6 nitrogen and oxygen atoms in total. The largest absolute Gasteiger partial charge is 0.488 e. The lowest BCUT2D eigenvalue weighted by atomic mass is 10.00. The Bertz CT molecular complexity index is 922. The summed E-state index contributed by atoms with van der Waals surface area (Å²) in [5.74, 6) is -0.821. The molecule has 3 aromatic rings. The Morgan fingerprint density at radius 1 is 1.28 bits per heavy atom. The summed E-state index contributed by atoms with van der Waals surface area (Å²) in [5, 5.41) is 6.43. The predicted molar refractivity (Wildman–Crippen MR) is 91.4 cm³/mol. The van der Waals surface area contributed by atoms with Crippen molar-refractivity contribution in [3.63, 3.8) is 0 Å². The van der Waals surface area contributed by atoms with E-state index >= 15 is 0 Å². The standard InChI is InChI=1S/C18H15FN4O2/c1-2-10-25-15-12(17-21-18(16(20)24)23-22-17)8-9-13(19)14(15)11-6-4-3-5-7-11/h2-9H,1,10H2,(H2,20,24)(H,21,22,23). The Kier molecular flexibility index (Phi) is 4.56. The summed E-state index contributed by atoms with van der Waals surface area (Å²) in [6.45, 7) is 3.78. The summed E-state index contributed by atoms with van der Waals surface area (Å²) >= 11 is 0. The van der Waals surface area contributed by atoms with Gasteiger partial charge in [-0.1, -0.05) is 43.0 Å². The molecule has 0 aliphatic heterocycles. The zero-order valence-corrected chi connectivity index (χ0v) is 13.2. The van der Waals surface area contributed by atoms with Crippen molar-refractivity contribution in [1.29, 1.82) is 0 Å². The van der Waals surface area contributed by atoms with Crippen molar-refractivity contribution in [3.05, 3.63) is 66.8 Å². The maximum Gasteiger partial charge on any atom is 0.286 e. The van der Waals surface area contributed by atoms with E-state index < -0.39 is 11.7 Å². The lowest BCUT2D eigenvalue weighted by molar-refractivity contribution is 0.0991. The molecule has 3 rings (SSSR count). The number of H-pyrrole nitrogens is 1. The number of nitrogens with zero attached hydrogens (tertiary/aromatic N) is 2. The van der Waals surface area contributed by atoms with E-state index in [1.54, 1.807) is 30.3 Å². The van der Waals surface area contributed by atoms with Crippen LogP contribution in [0.4, 0.5) is 4.39 Å². The average Bonchev–Trinajstić information content (AvgIpc) is 3.11. The summed E-state index contributed by atoms with van der Waals surface area (Å²) in [4.78, 5) is 15.3. The van der Waals surface area contributed by atoms with Crippen molar-refractivity contribution in [2.45, 2.75) is 0 Å². The number of nitrogens with two attached hydrogens (primary N) is 1. The number of rotatable bonds is 6. The molecule has 0 saturated carbocycles. The molecule has 0 atom stereocenters. The van der Waals surface area contributed by atoms with Gasteiger partial charge in [0.1, 0.15) is 18.2 Å². The first-order valence-corrected chi connectivity index (χ1v) is 7.46. The Morgan fingerprint density at radius 2 is 2.04 bits per heavy atom. The van der Waals surface area contributed by atoms with Gasteiger partial charge < -0.3 is 10.5 Å². The van der Waals surface area contributed by atoms with Crippen molar-refractivity contribution in [1.82, 2.24) is 15.2 Å². The van der Waals surface area contributed by atoms with Crippen molar-refractivity contribution < 1.29 is 13.9 Å². The van der Waals surface area contributed by atoms with E-state index in [2.05, 4.69) is 21.8 Å². The van der Waals surface area contributed by atoms with E-state index in [1.807, 2.05) is 6.07 Å². The van der Waals surface area contributed by atoms with Gasteiger partial charge in [-0.25, -0.2) is 9.37 Å². The molecule has 3 N–H and O–H groups in total. The smallest absolute Gasteiger partial charge is 0.286 e. The average molecular weight is 338 g/mol. The van der Waals surface area contributed by atoms with Crippen LogP contribution in [-0.4, -0.2) is 27.7 Å². The molecular formula is C18H15FN4O2. The maximum atomic E-state index is 14.6. The number of halogens is 1. The number of carbonyl (C=O) groups is 1. The Morgan fingerprint density at radius 3 is 2.68 bits per heavy atom. The summed E-state index contributed by atoms with van der Waals surface area (Å²) < 4.78 is 20.3. The number of amides is 1. The van der Waals surface area contributed by atoms with E-state index in [1.165, 1.54) is 12.1 Å². The fourth-order valence-electron chi connectivity index (χ4n) is 2.39. The number of hydrogen-bond acceptors (Lipinski definition) is 4. The van der Waals surface area contributed by atoms with Gasteiger partial charge in [0, 0.05) is 0 Å². The van der Waals surface area contributed by atoms with Gasteiger partial charge in [0.25, 0.3) is 5.91 Å². The van der Waals surface area contributed by atoms with E-state index in [-0.39, 0.29) is 29.6 Å². The first kappa shape index (κ1) is 16.4. The number of aromatic nitrogens is 3. The predicted octanol–water partition coefficient (Wildman–Crippen LogP) is 2.94. The Labute approximate surface area is 143 Å². The molecule has 0 fully saturated rings. The highest BCUT2D eigenvalue weighted by molar-refractivity contribution is 5.89. The van der Waals surface area contributed by atoms with E-state index in [9.17, 15) is 9.18 Å². The number of primary amides is 1. The normalized spacial score (nSPS) is 10.4. The number of ether oxygens (including phenoxy) is 1. The molecule has 1 heterocycles. The quantitative estimate of drug-likeness (QED) is 0.676. The first-order chi connectivity index (χ1) is 12.1. The Balaban J connectivity index is 2.21. The second-order valence-corrected chi connectivity index (χ2v) is 5.14. The molecule has 1 aromatic heterocycles. The number of benzene rings is 2. The fraction of sp³-hybridized carbons (Fsp3) is 0.0556. The highest BCUT2D eigenvalue weighted by Crippen LogP contribution is 2.39. The number of aromatic amines is 1. The fourth-order valence-corrected chi connectivity index (χ4v) is 2.39. The zero-order chi connectivity index (χ0) is 17.8. The minimum Gasteiger partial charge on any atom is -0.488 e. The maximum absolute atomic E-state index is 14.6. The Hall–Kier alpha value is -3.48. The molecule has 0 radical (unpaired) electrons. The molecular weight excluding hydrogens is 323 g/mol. The molecule has 0 saturated heterocycles. The molecule has 0 aliphatic carbocycles. The zero-order valence-electron chi connectivity index (χ0n) is 13.2. The van der Waals surface area contributed by atoms with Crippen LogP contribution >= 0.6 is 0 Å². The van der Waals surface area contributed by atoms with Crippen molar-refractivity contribution in [2.24, 2.45) is 5.73 Å². The number of carbonyl (C=O) groups excluding carboxylic acids is 1. The molecule has 2 aromatic carbocycles. The molecule has 0 spiro atoms. The molecule has 25 heavy (non-hydrogen) atoms. The minimum absolute atomic E-state index is 0.0877. The summed E-state index contributed by atoms with van der Waals surface area (Å²) in [6.07, 6.45) is 1.55. The number of hydrogen-bond donors (Lipinski definition) is 2. The van der Waals surface area contributed by atoms with Gasteiger partial charge in [0.2, 0.25) is 5.82 Å². The molecule has 0 aliphatic rings. The van der Waals surface area contributed by atoms with Gasteiger partial charge in [-0.2, -0.15) is 5.10 Å². The molecule has 126 valence electrons. The van der Waals surface area contributed by atoms with Gasteiger partial charge in [-0.15, -0.1) is 0 Å². The summed E-state index contributed by atoms with van der Waals surface area (Å²) in [5.41, 5.74) is 6.56. The highest BCUT2D eigenvalue weighted by atomic mass is 19.1. The van der Waals surface area contributed by atoms with Crippen LogP contribution in [0, 0.1) is 5.82 Å². The number of nitrogens with one attached hydrogen (secondary N) is 1. The second-order valence-electron chi connectivity index (χ2n) is 5.14. The SMILES string of the molecule is C=CCOc1c(-c2n[nH]c(C(N)=O)n2)ccc(F)c1-c1ccccc1. The first-order valence-electron chi connectivity index (χ1n) is 7.46. The van der Waals surface area contributed by atoms with Crippen LogP contribution in [0.5, 0.6) is 5.75 Å². The van der Waals surface area contributed by atoms with Crippen LogP contribution in [0.3, 0.4) is 0 Å². The van der Waals surface area contributed by atoms with E-state index in [0.717, 1.165) is 0 Å². The van der Waals surface area contributed by atoms with Crippen molar-refractivity contribution >= 4 is 5.91 Å². The van der Waals surface area contributed by atoms with Crippen LogP contribution in [-0.2, 0) is 0 Å². The van der Waals surface area contributed by atoms with E-state index in [0.29, 0.717) is 11.1 Å². The van der Waals surface area contributed by atoms with Gasteiger partial charge >= 0.3 is 0 Å². The van der Waals surface area contributed by atoms with Gasteiger partial charge in [0.15, 0.2) is 5.82 Å². The lowest BCUT2D eigenvalue weighted by Gasteiger charge is -2.15. The van der Waals surface area contributed by atoms with Crippen LogP contribution in [0.1, 0.15) is 10.6 Å². The molecule has 0 unspecified atom stereocenters. The lowest BCUT2D eigenvalue weighted by Crippen LogP contribution is -2.12. The highest BCUT2D eigenvalue weighted by Gasteiger charge is 2.21. The van der Waals surface area contributed by atoms with Crippen molar-refractivity contribution in [2.75, 3.05) is 6.61 Å². The molecule has 7 heteroatoms. The third-order valence-corrected chi connectivity index (χ3v) is 3.47. The third kappa shape index (κ3) is 3.25. The molecule has 1 amide bonds. The third-order valence-electron chi connectivity index (χ3n) is 3.47. The van der Waals surface area contributed by atoms with Crippen LogP contribution in [0.15, 0.2) is 55.1 Å². The van der Waals surface area contributed by atoms with Gasteiger partial charge in [-0.05, 0) is 17.7 Å². The van der Waals surface area contributed by atoms with Crippen LogP contribution in [0.25, 0.3) is 22.5 Å². The van der Waals surface area contributed by atoms with Gasteiger partial charge in [-0.3, -0.25) is 9.89 Å². The summed E-state index contributed by atoms with van der Waals surface area (Å²) in [7, 11) is 0. The summed E-state index contributed by atoms with van der Waals surface area (Å²) in [6, 6.07) is 11.8. The van der Waals surface area contributed by atoms with Crippen LogP contribution in [0.2, 0.25) is 0 Å². The second kappa shape index (κ2) is 6.96. The van der Waals surface area contributed by atoms with E-state index in [4.69, 9.17) is 10.5 Å². The topological polar surface area (TPSA) is 93.9 Å². The minimum atomic E-state index is -0.738. The van der Waals surface area contributed by atoms with Crippen molar-refractivity contribution in [3.8, 4) is 28.3 Å². The van der Waals surface area contributed by atoms with Crippen LogP contribution < -0.4 is 10.5 Å². The van der Waals surface area contributed by atoms with Gasteiger partial charge in [0.05, 0.1) is 11.1 Å². The monoisotopic (exact) mass is 338 g/mol. The molecule has 0 bridgehead atoms.